The van der Waals surface area contributed by atoms with Crippen LogP contribution < -0.4 is 10.2 Å². The van der Waals surface area contributed by atoms with E-state index < -0.39 is 0 Å². The highest BCUT2D eigenvalue weighted by Gasteiger charge is 2.37. The predicted octanol–water partition coefficient (Wildman–Crippen LogP) is 6.42. The highest BCUT2D eigenvalue weighted by molar-refractivity contribution is 6.01. The van der Waals surface area contributed by atoms with Crippen molar-refractivity contribution in [1.82, 2.24) is 9.47 Å². The number of nitrogens with zero attached hydrogens (tertiary/aromatic N) is 3. The van der Waals surface area contributed by atoms with Crippen LogP contribution in [-0.2, 0) is 11.2 Å². The summed E-state index contributed by atoms with van der Waals surface area (Å²) >= 11 is 0. The summed E-state index contributed by atoms with van der Waals surface area (Å²) in [4.78, 5) is 31.1. The maximum Gasteiger partial charge on any atom is 0.322 e. The Balaban J connectivity index is 1.50. The third-order valence-corrected chi connectivity index (χ3v) is 6.93. The molecular formula is C31H32N4O2. The number of fused-ring (bicyclic) bond motifs is 3. The van der Waals surface area contributed by atoms with Crippen molar-refractivity contribution in [3.8, 4) is 5.69 Å². The Morgan fingerprint density at radius 3 is 2.27 bits per heavy atom. The van der Waals surface area contributed by atoms with E-state index in [9.17, 15) is 9.59 Å². The van der Waals surface area contributed by atoms with Gasteiger partial charge in [-0.05, 0) is 61.7 Å². The number of anilines is 2. The van der Waals surface area contributed by atoms with Gasteiger partial charge >= 0.3 is 6.03 Å². The number of carbonyl (C=O) groups excluding carboxylic acids is 2. The Hall–Kier alpha value is -4.32. The fourth-order valence-electron chi connectivity index (χ4n) is 5.06. The van der Waals surface area contributed by atoms with E-state index in [-0.39, 0.29) is 30.6 Å². The topological polar surface area (TPSA) is 57.6 Å². The summed E-state index contributed by atoms with van der Waals surface area (Å²) in [7, 11) is 0. The van der Waals surface area contributed by atoms with Gasteiger partial charge in [0, 0.05) is 17.9 Å². The number of para-hydroxylation sites is 3. The highest BCUT2D eigenvalue weighted by atomic mass is 16.2. The molecule has 0 radical (unpaired) electrons. The average Bonchev–Trinajstić information content (AvgIpc) is 3.41. The van der Waals surface area contributed by atoms with E-state index >= 15 is 0 Å². The number of benzene rings is 3. The average molecular weight is 493 g/mol. The number of urea groups is 1. The van der Waals surface area contributed by atoms with Gasteiger partial charge in [-0.15, -0.1) is 0 Å². The molecule has 0 spiro atoms. The standard InChI is InChI=1S/C31H32N4O2/c1-4-23-13-8-9-16-25(23)32-31(37)34(22(2)3)21-29(36)35-27-18-11-10-17-26(27)33-20-12-19-28(33)30(35)24-14-6-5-7-15-24/h5-20,22,30H,4,21H2,1-3H3,(H,32,37)/t30-/m0/s1. The van der Waals surface area contributed by atoms with Gasteiger partial charge in [-0.1, -0.05) is 67.6 Å². The van der Waals surface area contributed by atoms with Crippen molar-refractivity contribution >= 4 is 23.3 Å². The summed E-state index contributed by atoms with van der Waals surface area (Å²) in [6, 6.07) is 29.1. The van der Waals surface area contributed by atoms with Crippen LogP contribution in [0.3, 0.4) is 0 Å². The van der Waals surface area contributed by atoms with Gasteiger partial charge in [-0.2, -0.15) is 0 Å². The zero-order valence-electron chi connectivity index (χ0n) is 21.5. The lowest BCUT2D eigenvalue weighted by molar-refractivity contribution is -0.119. The summed E-state index contributed by atoms with van der Waals surface area (Å²) in [6.07, 6.45) is 2.84. The molecule has 0 saturated heterocycles. The zero-order chi connectivity index (χ0) is 25.9. The summed E-state index contributed by atoms with van der Waals surface area (Å²) in [6.45, 7) is 5.88. The number of hydrogen-bond acceptors (Lipinski definition) is 2. The molecule has 1 aliphatic rings. The van der Waals surface area contributed by atoms with E-state index in [1.807, 2.05) is 110 Å². The second-order valence-corrected chi connectivity index (χ2v) is 9.53. The Morgan fingerprint density at radius 1 is 0.865 bits per heavy atom. The molecule has 37 heavy (non-hydrogen) atoms. The minimum atomic E-state index is -0.309. The first kappa shape index (κ1) is 24.4. The lowest BCUT2D eigenvalue weighted by atomic mass is 9.97. The Labute approximate surface area is 218 Å². The van der Waals surface area contributed by atoms with Crippen LogP contribution in [0.25, 0.3) is 5.69 Å². The fraction of sp³-hybridized carbons (Fsp3) is 0.226. The summed E-state index contributed by atoms with van der Waals surface area (Å²) in [5.74, 6) is -0.138. The first-order valence-electron chi connectivity index (χ1n) is 12.8. The number of amides is 3. The van der Waals surface area contributed by atoms with Crippen LogP contribution in [-0.4, -0.2) is 34.0 Å². The van der Waals surface area contributed by atoms with E-state index in [0.29, 0.717) is 0 Å². The highest BCUT2D eigenvalue weighted by Crippen LogP contribution is 2.42. The van der Waals surface area contributed by atoms with E-state index in [1.165, 1.54) is 0 Å². The van der Waals surface area contributed by atoms with Crippen LogP contribution in [0.5, 0.6) is 0 Å². The third-order valence-electron chi connectivity index (χ3n) is 6.93. The van der Waals surface area contributed by atoms with Gasteiger partial charge in [0.2, 0.25) is 5.91 Å². The number of aryl methyl sites for hydroxylation is 1. The quantitative estimate of drug-likeness (QED) is 0.338. The molecule has 188 valence electrons. The van der Waals surface area contributed by atoms with Gasteiger partial charge in [0.1, 0.15) is 12.6 Å². The third kappa shape index (κ3) is 4.62. The minimum absolute atomic E-state index is 0.0455. The second-order valence-electron chi connectivity index (χ2n) is 9.53. The largest absolute Gasteiger partial charge is 0.322 e. The number of hydrogen-bond donors (Lipinski definition) is 1. The lowest BCUT2D eigenvalue weighted by Crippen LogP contribution is -2.49. The van der Waals surface area contributed by atoms with Gasteiger partial charge in [0.05, 0.1) is 17.1 Å². The predicted molar refractivity (Wildman–Crippen MR) is 148 cm³/mol. The first-order valence-corrected chi connectivity index (χ1v) is 12.8. The van der Waals surface area contributed by atoms with Gasteiger partial charge in [0.25, 0.3) is 0 Å². The smallest absolute Gasteiger partial charge is 0.316 e. The van der Waals surface area contributed by atoms with Crippen LogP contribution in [0.4, 0.5) is 16.2 Å². The van der Waals surface area contributed by atoms with Gasteiger partial charge in [0.15, 0.2) is 0 Å². The molecule has 0 fully saturated rings. The molecule has 2 heterocycles. The fourth-order valence-corrected chi connectivity index (χ4v) is 5.06. The second kappa shape index (κ2) is 10.3. The molecule has 0 aliphatic carbocycles. The molecule has 6 heteroatoms. The molecule has 1 atom stereocenters. The van der Waals surface area contributed by atoms with Crippen molar-refractivity contribution in [2.45, 2.75) is 39.3 Å². The molecule has 4 aromatic rings. The van der Waals surface area contributed by atoms with Crippen molar-refractivity contribution in [3.63, 3.8) is 0 Å². The van der Waals surface area contributed by atoms with Gasteiger partial charge in [-0.3, -0.25) is 9.69 Å². The van der Waals surface area contributed by atoms with E-state index in [4.69, 9.17) is 0 Å². The maximum absolute atomic E-state index is 14.2. The van der Waals surface area contributed by atoms with Crippen molar-refractivity contribution in [1.29, 1.82) is 0 Å². The number of nitrogens with one attached hydrogen (secondary N) is 1. The summed E-state index contributed by atoms with van der Waals surface area (Å²) in [5, 5.41) is 3.04. The normalized spacial score (nSPS) is 14.2. The summed E-state index contributed by atoms with van der Waals surface area (Å²) < 4.78 is 2.14. The van der Waals surface area contributed by atoms with E-state index in [2.05, 4.69) is 22.9 Å². The van der Waals surface area contributed by atoms with Crippen LogP contribution >= 0.6 is 0 Å². The first-order chi connectivity index (χ1) is 18.0. The van der Waals surface area contributed by atoms with Crippen LogP contribution in [0, 0.1) is 0 Å². The Kier molecular flexibility index (Phi) is 6.82. The van der Waals surface area contributed by atoms with E-state index in [1.54, 1.807) is 4.90 Å². The molecule has 1 aliphatic heterocycles. The van der Waals surface area contributed by atoms with E-state index in [0.717, 1.165) is 40.3 Å². The van der Waals surface area contributed by atoms with Crippen molar-refractivity contribution in [2.75, 3.05) is 16.8 Å². The lowest BCUT2D eigenvalue weighted by Gasteiger charge is -2.40. The van der Waals surface area contributed by atoms with Crippen LogP contribution in [0.1, 0.15) is 43.6 Å². The molecule has 0 bridgehead atoms. The van der Waals surface area contributed by atoms with Crippen LogP contribution in [0.15, 0.2) is 97.2 Å². The monoisotopic (exact) mass is 492 g/mol. The molecule has 1 N–H and O–H groups in total. The Bertz CT molecular complexity index is 1410. The maximum atomic E-state index is 14.2. The number of carbonyl (C=O) groups is 2. The molecular weight excluding hydrogens is 460 g/mol. The molecule has 6 nitrogen and oxygen atoms in total. The van der Waals surface area contributed by atoms with Crippen molar-refractivity contribution in [2.24, 2.45) is 0 Å². The van der Waals surface area contributed by atoms with Crippen molar-refractivity contribution in [3.05, 3.63) is 114 Å². The molecule has 3 aromatic carbocycles. The minimum Gasteiger partial charge on any atom is -0.316 e. The zero-order valence-corrected chi connectivity index (χ0v) is 21.5. The summed E-state index contributed by atoms with van der Waals surface area (Å²) in [5.41, 5.74) is 5.63. The number of rotatable bonds is 6. The van der Waals surface area contributed by atoms with Gasteiger partial charge in [-0.25, -0.2) is 4.79 Å². The SMILES string of the molecule is CCc1ccccc1NC(=O)N(CC(=O)N1c2ccccc2-n2cccc2[C@@H]1c1ccccc1)C(C)C. The molecule has 1 aromatic heterocycles. The molecule has 5 rings (SSSR count). The van der Waals surface area contributed by atoms with Gasteiger partial charge < -0.3 is 14.8 Å². The molecule has 0 saturated carbocycles. The molecule has 0 unspecified atom stereocenters. The Morgan fingerprint density at radius 2 is 1.54 bits per heavy atom. The number of aromatic nitrogens is 1. The molecule has 3 amide bonds. The van der Waals surface area contributed by atoms with Crippen molar-refractivity contribution < 1.29 is 9.59 Å². The van der Waals surface area contributed by atoms with Crippen LogP contribution in [0.2, 0.25) is 0 Å².